The summed E-state index contributed by atoms with van der Waals surface area (Å²) in [5.74, 6) is 2.86. The molecule has 0 aliphatic carbocycles. The number of hydrogen-bond donors (Lipinski definition) is 1. The number of nitrogens with one attached hydrogen (secondary N) is 1. The fourth-order valence-electron chi connectivity index (χ4n) is 2.77. The Morgan fingerprint density at radius 2 is 1.93 bits per heavy atom. The highest BCUT2D eigenvalue weighted by atomic mass is 35.5. The van der Waals surface area contributed by atoms with Crippen LogP contribution in [0, 0.1) is 0 Å². The first-order valence-electron chi connectivity index (χ1n) is 9.22. The highest BCUT2D eigenvalue weighted by Gasteiger charge is 2.12. The molecule has 152 valence electrons. The monoisotopic (exact) mass is 438 g/mol. The van der Waals surface area contributed by atoms with Gasteiger partial charge in [-0.05, 0) is 48.0 Å². The van der Waals surface area contributed by atoms with E-state index in [0.29, 0.717) is 28.4 Å². The lowest BCUT2D eigenvalue weighted by molar-refractivity contribution is 0.301. The summed E-state index contributed by atoms with van der Waals surface area (Å²) in [5, 5.41) is 8.51. The molecule has 0 amide bonds. The van der Waals surface area contributed by atoms with E-state index in [-0.39, 0.29) is 0 Å². The van der Waals surface area contributed by atoms with Crippen LogP contribution in [0.25, 0.3) is 11.4 Å². The Labute approximate surface area is 183 Å². The Morgan fingerprint density at radius 3 is 2.70 bits per heavy atom. The zero-order chi connectivity index (χ0) is 20.8. The lowest BCUT2D eigenvalue weighted by Crippen LogP contribution is -1.97. The average molecular weight is 439 g/mol. The maximum atomic E-state index is 6.11. The summed E-state index contributed by atoms with van der Waals surface area (Å²) < 4.78 is 11.2. The minimum atomic E-state index is 0.446. The van der Waals surface area contributed by atoms with Crippen LogP contribution in [0.1, 0.15) is 11.3 Å². The highest BCUT2D eigenvalue weighted by molar-refractivity contribution is 7.98. The summed E-state index contributed by atoms with van der Waals surface area (Å²) in [6, 6.07) is 19.2. The SMILES string of the molecule is COc1ccc(Cl)cc1-c1nc(SCc2ccc(OCc3ccccn3)cc2)n[nH]1. The van der Waals surface area contributed by atoms with Crippen LogP contribution in [0.3, 0.4) is 0 Å². The van der Waals surface area contributed by atoms with Crippen molar-refractivity contribution in [2.24, 2.45) is 0 Å². The summed E-state index contributed by atoms with van der Waals surface area (Å²) >= 11 is 7.65. The number of ether oxygens (including phenoxy) is 2. The lowest BCUT2D eigenvalue weighted by atomic mass is 10.2. The molecular formula is C22H19ClN4O2S. The predicted molar refractivity (Wildman–Crippen MR) is 118 cm³/mol. The molecule has 0 bridgehead atoms. The second kappa shape index (κ2) is 9.65. The zero-order valence-electron chi connectivity index (χ0n) is 16.2. The van der Waals surface area contributed by atoms with Crippen LogP contribution in [0.15, 0.2) is 72.0 Å². The molecule has 0 radical (unpaired) electrons. The Balaban J connectivity index is 1.35. The molecule has 0 unspecified atom stereocenters. The minimum Gasteiger partial charge on any atom is -0.496 e. The molecule has 0 saturated carbocycles. The smallest absolute Gasteiger partial charge is 0.209 e. The standard InChI is InChI=1S/C22H19ClN4O2S/c1-28-20-10-7-16(23)12-19(20)21-25-22(27-26-21)30-14-15-5-8-18(9-6-15)29-13-17-4-2-3-11-24-17/h2-12H,13-14H2,1H3,(H,25,26,27). The lowest BCUT2D eigenvalue weighted by Gasteiger charge is -2.06. The quantitative estimate of drug-likeness (QED) is 0.371. The van der Waals surface area contributed by atoms with E-state index in [2.05, 4.69) is 20.2 Å². The molecule has 2 aromatic carbocycles. The van der Waals surface area contributed by atoms with Crippen molar-refractivity contribution >= 4 is 23.4 Å². The van der Waals surface area contributed by atoms with Gasteiger partial charge in [0.1, 0.15) is 18.1 Å². The number of methoxy groups -OCH3 is 1. The molecule has 30 heavy (non-hydrogen) atoms. The van der Waals surface area contributed by atoms with Crippen molar-refractivity contribution in [1.82, 2.24) is 20.2 Å². The van der Waals surface area contributed by atoms with Gasteiger partial charge in [-0.1, -0.05) is 41.6 Å². The van der Waals surface area contributed by atoms with Gasteiger partial charge in [-0.2, -0.15) is 0 Å². The van der Waals surface area contributed by atoms with Crippen molar-refractivity contribution in [3.05, 3.63) is 83.1 Å². The number of halogens is 1. The van der Waals surface area contributed by atoms with Crippen LogP contribution in [0.2, 0.25) is 5.02 Å². The molecule has 0 aliphatic rings. The molecule has 8 heteroatoms. The Bertz CT molecular complexity index is 1100. The van der Waals surface area contributed by atoms with Gasteiger partial charge in [-0.15, -0.1) is 5.10 Å². The second-order valence-corrected chi connectivity index (χ2v) is 7.73. The summed E-state index contributed by atoms with van der Waals surface area (Å²) in [6.45, 7) is 0.446. The second-order valence-electron chi connectivity index (χ2n) is 6.35. The molecule has 4 rings (SSSR count). The number of benzene rings is 2. The number of hydrogen-bond acceptors (Lipinski definition) is 6. The predicted octanol–water partition coefficient (Wildman–Crippen LogP) is 5.40. The maximum Gasteiger partial charge on any atom is 0.209 e. The van der Waals surface area contributed by atoms with E-state index >= 15 is 0 Å². The summed E-state index contributed by atoms with van der Waals surface area (Å²) in [6.07, 6.45) is 1.76. The third-order valence-electron chi connectivity index (χ3n) is 4.29. The first kappa shape index (κ1) is 20.3. The topological polar surface area (TPSA) is 72.9 Å². The number of rotatable bonds is 8. The van der Waals surface area contributed by atoms with Crippen LogP contribution < -0.4 is 9.47 Å². The van der Waals surface area contributed by atoms with E-state index in [1.165, 1.54) is 0 Å². The van der Waals surface area contributed by atoms with Crippen molar-refractivity contribution in [3.8, 4) is 22.9 Å². The van der Waals surface area contributed by atoms with Gasteiger partial charge in [0.25, 0.3) is 0 Å². The van der Waals surface area contributed by atoms with Crippen LogP contribution in [-0.4, -0.2) is 27.3 Å². The summed E-state index contributed by atoms with van der Waals surface area (Å²) in [4.78, 5) is 8.81. The van der Waals surface area contributed by atoms with Gasteiger partial charge >= 0.3 is 0 Å². The van der Waals surface area contributed by atoms with E-state index in [9.17, 15) is 0 Å². The number of aromatic amines is 1. The molecule has 0 atom stereocenters. The number of nitrogens with zero attached hydrogens (tertiary/aromatic N) is 3. The van der Waals surface area contributed by atoms with Gasteiger partial charge in [0.15, 0.2) is 5.82 Å². The van der Waals surface area contributed by atoms with Crippen molar-refractivity contribution in [2.75, 3.05) is 7.11 Å². The highest BCUT2D eigenvalue weighted by Crippen LogP contribution is 2.31. The van der Waals surface area contributed by atoms with Gasteiger partial charge in [0, 0.05) is 17.0 Å². The normalized spacial score (nSPS) is 10.7. The van der Waals surface area contributed by atoms with E-state index < -0.39 is 0 Å². The van der Waals surface area contributed by atoms with Crippen LogP contribution in [0.4, 0.5) is 0 Å². The molecule has 0 spiro atoms. The van der Waals surface area contributed by atoms with E-state index in [1.807, 2.05) is 48.5 Å². The van der Waals surface area contributed by atoms with E-state index in [4.69, 9.17) is 21.1 Å². The molecule has 0 aliphatic heterocycles. The maximum absolute atomic E-state index is 6.11. The van der Waals surface area contributed by atoms with Gasteiger partial charge in [0.2, 0.25) is 5.16 Å². The molecule has 0 fully saturated rings. The van der Waals surface area contributed by atoms with Crippen molar-refractivity contribution in [1.29, 1.82) is 0 Å². The number of aromatic nitrogens is 4. The number of pyridine rings is 1. The Hall–Kier alpha value is -3.03. The van der Waals surface area contributed by atoms with Gasteiger partial charge < -0.3 is 9.47 Å². The molecule has 2 heterocycles. The third-order valence-corrected chi connectivity index (χ3v) is 5.44. The first-order chi connectivity index (χ1) is 14.7. The van der Waals surface area contributed by atoms with Gasteiger partial charge in [0.05, 0.1) is 18.4 Å². The molecule has 4 aromatic rings. The Kier molecular flexibility index (Phi) is 6.51. The largest absolute Gasteiger partial charge is 0.496 e. The van der Waals surface area contributed by atoms with E-state index in [0.717, 1.165) is 28.3 Å². The van der Waals surface area contributed by atoms with Crippen molar-refractivity contribution in [2.45, 2.75) is 17.5 Å². The van der Waals surface area contributed by atoms with Crippen molar-refractivity contribution in [3.63, 3.8) is 0 Å². The fourth-order valence-corrected chi connectivity index (χ4v) is 3.69. The number of H-pyrrole nitrogens is 1. The van der Waals surface area contributed by atoms with Gasteiger partial charge in [-0.25, -0.2) is 4.98 Å². The third kappa shape index (κ3) is 5.11. The Morgan fingerprint density at radius 1 is 1.07 bits per heavy atom. The molecule has 0 saturated heterocycles. The molecular weight excluding hydrogens is 420 g/mol. The van der Waals surface area contributed by atoms with Crippen molar-refractivity contribution < 1.29 is 9.47 Å². The molecule has 6 nitrogen and oxygen atoms in total. The first-order valence-corrected chi connectivity index (χ1v) is 10.6. The number of thioether (sulfide) groups is 1. The van der Waals surface area contributed by atoms with Crippen LogP contribution in [-0.2, 0) is 12.4 Å². The average Bonchev–Trinajstić information content (AvgIpc) is 3.26. The molecule has 1 N–H and O–H groups in total. The summed E-state index contributed by atoms with van der Waals surface area (Å²) in [7, 11) is 1.61. The van der Waals surface area contributed by atoms with Crippen LogP contribution in [0.5, 0.6) is 11.5 Å². The fraction of sp³-hybridized carbons (Fsp3) is 0.136. The van der Waals surface area contributed by atoms with Gasteiger partial charge in [-0.3, -0.25) is 10.1 Å². The minimum absolute atomic E-state index is 0.446. The van der Waals surface area contributed by atoms with E-state index in [1.54, 1.807) is 37.2 Å². The zero-order valence-corrected chi connectivity index (χ0v) is 17.8. The summed E-state index contributed by atoms with van der Waals surface area (Å²) in [5.41, 5.74) is 2.82. The molecule has 2 aromatic heterocycles. The van der Waals surface area contributed by atoms with Crippen LogP contribution >= 0.6 is 23.4 Å².